The highest BCUT2D eigenvalue weighted by Crippen LogP contribution is 2.07. The van der Waals surface area contributed by atoms with Crippen molar-refractivity contribution in [2.24, 2.45) is 0 Å². The monoisotopic (exact) mass is 284 g/mol. The predicted molar refractivity (Wildman–Crippen MR) is 84.5 cm³/mol. The molecule has 2 N–H and O–H groups in total. The van der Waals surface area contributed by atoms with E-state index in [1.807, 2.05) is 7.05 Å². The zero-order valence-electron chi connectivity index (χ0n) is 13.1. The minimum absolute atomic E-state index is 0.0978. The van der Waals surface area contributed by atoms with Crippen LogP contribution in [0.4, 0.5) is 0 Å². The molecule has 0 aliphatic carbocycles. The number of rotatable bonds is 14. The Morgan fingerprint density at radius 1 is 1.15 bits per heavy atom. The van der Waals surface area contributed by atoms with Gasteiger partial charge in [-0.25, -0.2) is 0 Å². The average Bonchev–Trinajstić information content (AvgIpc) is 2.45. The molecule has 0 heterocycles. The van der Waals surface area contributed by atoms with Crippen molar-refractivity contribution >= 4 is 5.91 Å². The molecule has 0 aliphatic heterocycles. The molecule has 4 heteroatoms. The molecule has 20 heavy (non-hydrogen) atoms. The first-order valence-corrected chi connectivity index (χ1v) is 7.87. The molecular weight excluding hydrogens is 252 g/mol. The number of aliphatic hydroxyl groups excluding tert-OH is 1. The molecule has 0 saturated heterocycles. The van der Waals surface area contributed by atoms with Gasteiger partial charge in [-0.15, -0.1) is 6.58 Å². The highest BCUT2D eigenvalue weighted by atomic mass is 16.2. The first kappa shape index (κ1) is 19.1. The van der Waals surface area contributed by atoms with E-state index in [0.29, 0.717) is 19.7 Å². The molecule has 0 aromatic heterocycles. The molecule has 0 rings (SSSR count). The number of amides is 1. The van der Waals surface area contributed by atoms with Gasteiger partial charge < -0.3 is 10.4 Å². The number of carbonyl (C=O) groups is 1. The highest BCUT2D eigenvalue weighted by molar-refractivity contribution is 5.75. The maximum absolute atomic E-state index is 11.4. The molecule has 0 unspecified atom stereocenters. The summed E-state index contributed by atoms with van der Waals surface area (Å²) in [6, 6.07) is 0. The van der Waals surface area contributed by atoms with Crippen molar-refractivity contribution in [1.82, 2.24) is 10.2 Å². The van der Waals surface area contributed by atoms with E-state index in [4.69, 9.17) is 5.11 Å². The first-order valence-electron chi connectivity index (χ1n) is 7.87. The second kappa shape index (κ2) is 14.5. The Morgan fingerprint density at radius 2 is 1.75 bits per heavy atom. The van der Waals surface area contributed by atoms with Crippen molar-refractivity contribution in [3.63, 3.8) is 0 Å². The summed E-state index contributed by atoms with van der Waals surface area (Å²) in [5.41, 5.74) is 0. The van der Waals surface area contributed by atoms with Gasteiger partial charge in [-0.2, -0.15) is 0 Å². The number of unbranched alkanes of at least 4 members (excludes halogenated alkanes) is 6. The zero-order chi connectivity index (χ0) is 15.1. The van der Waals surface area contributed by atoms with Gasteiger partial charge in [-0.05, 0) is 32.9 Å². The van der Waals surface area contributed by atoms with Crippen LogP contribution in [0.15, 0.2) is 12.7 Å². The van der Waals surface area contributed by atoms with Gasteiger partial charge in [0.25, 0.3) is 0 Å². The van der Waals surface area contributed by atoms with Crippen LogP contribution in [0.2, 0.25) is 0 Å². The smallest absolute Gasteiger partial charge is 0.221 e. The third-order valence-electron chi connectivity index (χ3n) is 3.32. The number of nitrogens with one attached hydrogen (secondary N) is 1. The molecule has 0 aliphatic rings. The fraction of sp³-hybridized carbons (Fsp3) is 0.812. The summed E-state index contributed by atoms with van der Waals surface area (Å²) >= 11 is 0. The largest absolute Gasteiger partial charge is 0.396 e. The molecule has 4 nitrogen and oxygen atoms in total. The fourth-order valence-electron chi connectivity index (χ4n) is 2.00. The van der Waals surface area contributed by atoms with Gasteiger partial charge in [0.05, 0.1) is 6.67 Å². The van der Waals surface area contributed by atoms with Crippen molar-refractivity contribution < 1.29 is 9.90 Å². The van der Waals surface area contributed by atoms with Crippen LogP contribution in [0.25, 0.3) is 0 Å². The van der Waals surface area contributed by atoms with Crippen LogP contribution >= 0.6 is 0 Å². The topological polar surface area (TPSA) is 52.6 Å². The van der Waals surface area contributed by atoms with E-state index in [9.17, 15) is 4.79 Å². The molecule has 1 amide bonds. The van der Waals surface area contributed by atoms with E-state index in [2.05, 4.69) is 16.8 Å². The maximum atomic E-state index is 11.4. The second-order valence-electron chi connectivity index (χ2n) is 5.36. The predicted octanol–water partition coefficient (Wildman–Crippen LogP) is 2.68. The summed E-state index contributed by atoms with van der Waals surface area (Å²) < 4.78 is 0. The highest BCUT2D eigenvalue weighted by Gasteiger charge is 2.02. The Balaban J connectivity index is 3.29. The number of aliphatic hydroxyl groups is 1. The third kappa shape index (κ3) is 13.6. The number of nitrogens with zero attached hydrogens (tertiary/aromatic N) is 1. The summed E-state index contributed by atoms with van der Waals surface area (Å²) in [6.07, 6.45) is 11.3. The van der Waals surface area contributed by atoms with E-state index >= 15 is 0 Å². The summed E-state index contributed by atoms with van der Waals surface area (Å²) in [6.45, 7) is 5.59. The quantitative estimate of drug-likeness (QED) is 0.293. The molecule has 0 atom stereocenters. The van der Waals surface area contributed by atoms with Crippen molar-refractivity contribution in [3.05, 3.63) is 12.7 Å². The lowest BCUT2D eigenvalue weighted by molar-refractivity contribution is -0.121. The van der Waals surface area contributed by atoms with Gasteiger partial charge in [0, 0.05) is 13.0 Å². The first-order chi connectivity index (χ1) is 9.70. The summed E-state index contributed by atoms with van der Waals surface area (Å²) in [7, 11) is 2.04. The Bertz CT molecular complexity index is 245. The maximum Gasteiger partial charge on any atom is 0.221 e. The number of allylic oxidation sites excluding steroid dienone is 1. The van der Waals surface area contributed by atoms with Crippen molar-refractivity contribution in [2.45, 2.75) is 57.8 Å². The van der Waals surface area contributed by atoms with Crippen LogP contribution in [0.5, 0.6) is 0 Å². The normalized spacial score (nSPS) is 10.8. The third-order valence-corrected chi connectivity index (χ3v) is 3.32. The molecular formula is C16H32N2O2. The van der Waals surface area contributed by atoms with Gasteiger partial charge in [0.1, 0.15) is 0 Å². The lowest BCUT2D eigenvalue weighted by Gasteiger charge is -2.17. The second-order valence-corrected chi connectivity index (χ2v) is 5.36. The Morgan fingerprint density at radius 3 is 2.35 bits per heavy atom. The van der Waals surface area contributed by atoms with E-state index in [0.717, 1.165) is 25.8 Å². The molecule has 118 valence electrons. The van der Waals surface area contributed by atoms with Gasteiger partial charge >= 0.3 is 0 Å². The van der Waals surface area contributed by atoms with Crippen molar-refractivity contribution in [1.29, 1.82) is 0 Å². The number of hydrogen-bond acceptors (Lipinski definition) is 3. The SMILES string of the molecule is C=CCCC(=O)NCN(C)CCCCCCCCCO. The van der Waals surface area contributed by atoms with Crippen molar-refractivity contribution in [3.8, 4) is 0 Å². The standard InChI is InChI=1S/C16H32N2O2/c1-3-4-12-16(20)17-15-18(2)13-10-8-6-5-7-9-11-14-19/h3,19H,1,4-15H2,2H3,(H,17,20). The fourth-order valence-corrected chi connectivity index (χ4v) is 2.00. The molecule has 0 saturated carbocycles. The minimum atomic E-state index is 0.0978. The van der Waals surface area contributed by atoms with Gasteiger partial charge in [-0.1, -0.05) is 38.2 Å². The summed E-state index contributed by atoms with van der Waals surface area (Å²) in [5.74, 6) is 0.0978. The van der Waals surface area contributed by atoms with Crippen LogP contribution in [0, 0.1) is 0 Å². The zero-order valence-corrected chi connectivity index (χ0v) is 13.1. The van der Waals surface area contributed by atoms with Gasteiger partial charge in [0.15, 0.2) is 0 Å². The van der Waals surface area contributed by atoms with Crippen LogP contribution < -0.4 is 5.32 Å². The van der Waals surface area contributed by atoms with E-state index in [1.165, 1.54) is 32.1 Å². The lowest BCUT2D eigenvalue weighted by Crippen LogP contribution is -2.35. The summed E-state index contributed by atoms with van der Waals surface area (Å²) in [4.78, 5) is 13.6. The van der Waals surface area contributed by atoms with E-state index in [-0.39, 0.29) is 5.91 Å². The molecule has 0 spiro atoms. The lowest BCUT2D eigenvalue weighted by atomic mass is 10.1. The van der Waals surface area contributed by atoms with Crippen LogP contribution in [-0.4, -0.2) is 42.8 Å². The van der Waals surface area contributed by atoms with E-state index in [1.54, 1.807) is 6.08 Å². The van der Waals surface area contributed by atoms with Gasteiger partial charge in [0.2, 0.25) is 5.91 Å². The van der Waals surface area contributed by atoms with E-state index < -0.39 is 0 Å². The molecule has 0 bridgehead atoms. The molecule has 0 aromatic carbocycles. The Labute approximate surface area is 124 Å². The Kier molecular flexibility index (Phi) is 13.9. The average molecular weight is 284 g/mol. The van der Waals surface area contributed by atoms with Crippen LogP contribution in [0.3, 0.4) is 0 Å². The Hall–Kier alpha value is -0.870. The van der Waals surface area contributed by atoms with Crippen molar-refractivity contribution in [2.75, 3.05) is 26.9 Å². The number of carbonyl (C=O) groups excluding carboxylic acids is 1. The van der Waals surface area contributed by atoms with Gasteiger partial charge in [-0.3, -0.25) is 9.69 Å². The molecule has 0 fully saturated rings. The number of hydrogen-bond donors (Lipinski definition) is 2. The molecule has 0 aromatic rings. The minimum Gasteiger partial charge on any atom is -0.396 e. The van der Waals surface area contributed by atoms with Crippen LogP contribution in [0.1, 0.15) is 57.8 Å². The molecule has 0 radical (unpaired) electrons. The van der Waals surface area contributed by atoms with Crippen LogP contribution in [-0.2, 0) is 4.79 Å². The summed E-state index contributed by atoms with van der Waals surface area (Å²) in [5, 5.41) is 11.6.